The fourth-order valence-corrected chi connectivity index (χ4v) is 2.57. The van der Waals surface area contributed by atoms with E-state index in [-0.39, 0.29) is 12.1 Å². The summed E-state index contributed by atoms with van der Waals surface area (Å²) >= 11 is 0. The second-order valence-corrected chi connectivity index (χ2v) is 6.09. The predicted octanol–water partition coefficient (Wildman–Crippen LogP) is 3.84. The lowest BCUT2D eigenvalue weighted by Gasteiger charge is -2.32. The molecule has 2 atom stereocenters. The van der Waals surface area contributed by atoms with Gasteiger partial charge in [0.05, 0.1) is 6.10 Å². The monoisotopic (exact) mass is 292 g/mol. The maximum Gasteiger partial charge on any atom is 0.120 e. The molecule has 0 heterocycles. The molecule has 0 saturated carbocycles. The van der Waals surface area contributed by atoms with E-state index in [1.165, 1.54) is 12.0 Å². The summed E-state index contributed by atoms with van der Waals surface area (Å²) in [5.74, 6) is 1.62. The van der Waals surface area contributed by atoms with Gasteiger partial charge in [0.25, 0.3) is 0 Å². The first-order valence-electron chi connectivity index (χ1n) is 8.22. The molecule has 1 aromatic rings. The van der Waals surface area contributed by atoms with Gasteiger partial charge in [-0.2, -0.15) is 0 Å². The maximum absolute atomic E-state index is 6.07. The third-order valence-corrected chi connectivity index (χ3v) is 3.93. The van der Waals surface area contributed by atoms with Crippen LogP contribution in [0.2, 0.25) is 0 Å². The van der Waals surface area contributed by atoms with Gasteiger partial charge in [-0.05, 0) is 44.0 Å². The highest BCUT2D eigenvalue weighted by Crippen LogP contribution is 2.25. The lowest BCUT2D eigenvalue weighted by Crippen LogP contribution is -2.36. The molecular weight excluding hydrogens is 260 g/mol. The summed E-state index contributed by atoms with van der Waals surface area (Å²) in [6.07, 6.45) is 1.39. The van der Waals surface area contributed by atoms with E-state index in [1.54, 1.807) is 0 Å². The highest BCUT2D eigenvalue weighted by Gasteiger charge is 2.19. The molecule has 2 N–H and O–H groups in total. The number of hydrogen-bond acceptors (Lipinski definition) is 3. The summed E-state index contributed by atoms with van der Waals surface area (Å²) in [6, 6.07) is 8.63. The molecule has 0 aliphatic carbocycles. The van der Waals surface area contributed by atoms with Gasteiger partial charge in [0.15, 0.2) is 0 Å². The van der Waals surface area contributed by atoms with Crippen LogP contribution in [0.25, 0.3) is 0 Å². The third kappa shape index (κ3) is 5.68. The zero-order valence-electron chi connectivity index (χ0n) is 14.3. The van der Waals surface area contributed by atoms with Crippen LogP contribution in [0.4, 0.5) is 0 Å². The van der Waals surface area contributed by atoms with E-state index in [0.717, 1.165) is 18.8 Å². The van der Waals surface area contributed by atoms with Gasteiger partial charge in [0, 0.05) is 19.1 Å². The van der Waals surface area contributed by atoms with Gasteiger partial charge in [-0.3, -0.25) is 4.90 Å². The molecule has 1 aromatic carbocycles. The Balaban J connectivity index is 2.91. The van der Waals surface area contributed by atoms with Crippen molar-refractivity contribution in [1.29, 1.82) is 0 Å². The Labute approximate surface area is 130 Å². The van der Waals surface area contributed by atoms with Crippen molar-refractivity contribution < 1.29 is 4.74 Å². The van der Waals surface area contributed by atoms with Crippen LogP contribution in [-0.4, -0.2) is 30.6 Å². The van der Waals surface area contributed by atoms with Crippen molar-refractivity contribution in [2.45, 2.75) is 53.2 Å². The largest absolute Gasteiger partial charge is 0.491 e. The van der Waals surface area contributed by atoms with E-state index >= 15 is 0 Å². The van der Waals surface area contributed by atoms with Gasteiger partial charge in [0.2, 0.25) is 0 Å². The predicted molar refractivity (Wildman–Crippen MR) is 90.7 cm³/mol. The molecule has 0 aliphatic rings. The van der Waals surface area contributed by atoms with Crippen LogP contribution in [-0.2, 0) is 0 Å². The molecule has 3 nitrogen and oxygen atoms in total. The van der Waals surface area contributed by atoms with Crippen LogP contribution in [0.15, 0.2) is 24.3 Å². The van der Waals surface area contributed by atoms with E-state index in [1.807, 2.05) is 19.9 Å². The van der Waals surface area contributed by atoms with Crippen LogP contribution in [0.1, 0.15) is 52.6 Å². The third-order valence-electron chi connectivity index (χ3n) is 3.93. The van der Waals surface area contributed by atoms with E-state index < -0.39 is 0 Å². The van der Waals surface area contributed by atoms with Crippen LogP contribution in [0.3, 0.4) is 0 Å². The number of ether oxygens (including phenoxy) is 1. The standard InChI is InChI=1S/C18H32N2O/c1-6-15(5)13-20(7-2)18(12-19)16-9-8-10-17(11-16)21-14(3)4/h8-11,14-15,18H,6-7,12-13,19H2,1-5H3. The molecule has 0 bridgehead atoms. The minimum atomic E-state index is 0.193. The second-order valence-electron chi connectivity index (χ2n) is 6.09. The van der Waals surface area contributed by atoms with Crippen molar-refractivity contribution in [3.63, 3.8) is 0 Å². The average Bonchev–Trinajstić information content (AvgIpc) is 2.46. The Morgan fingerprint density at radius 2 is 1.90 bits per heavy atom. The highest BCUT2D eigenvalue weighted by molar-refractivity contribution is 5.31. The topological polar surface area (TPSA) is 38.5 Å². The minimum Gasteiger partial charge on any atom is -0.491 e. The number of nitrogens with zero attached hydrogens (tertiary/aromatic N) is 1. The normalized spacial score (nSPS) is 14.5. The highest BCUT2D eigenvalue weighted by atomic mass is 16.5. The van der Waals surface area contributed by atoms with Crippen molar-refractivity contribution in [2.24, 2.45) is 11.7 Å². The van der Waals surface area contributed by atoms with Crippen LogP contribution in [0.5, 0.6) is 5.75 Å². The molecule has 0 saturated heterocycles. The number of nitrogens with two attached hydrogens (primary N) is 1. The lowest BCUT2D eigenvalue weighted by molar-refractivity contribution is 0.181. The SMILES string of the molecule is CCC(C)CN(CC)C(CN)c1cccc(OC(C)C)c1. The molecule has 2 unspecified atom stereocenters. The summed E-state index contributed by atoms with van der Waals surface area (Å²) in [4.78, 5) is 2.47. The molecule has 0 amide bonds. The van der Waals surface area contributed by atoms with E-state index in [2.05, 4.69) is 43.9 Å². The zero-order valence-corrected chi connectivity index (χ0v) is 14.3. The molecule has 0 radical (unpaired) electrons. The van der Waals surface area contributed by atoms with Crippen molar-refractivity contribution in [1.82, 2.24) is 4.90 Å². The molecule has 0 spiro atoms. The Bertz CT molecular complexity index is 406. The molecule has 0 aromatic heterocycles. The summed E-state index contributed by atoms with van der Waals surface area (Å²) in [6.45, 7) is 13.6. The van der Waals surface area contributed by atoms with Gasteiger partial charge >= 0.3 is 0 Å². The van der Waals surface area contributed by atoms with Gasteiger partial charge in [-0.15, -0.1) is 0 Å². The first-order valence-corrected chi connectivity index (χ1v) is 8.22. The van der Waals surface area contributed by atoms with Gasteiger partial charge in [-0.1, -0.05) is 39.3 Å². The minimum absolute atomic E-state index is 0.193. The Hall–Kier alpha value is -1.06. The van der Waals surface area contributed by atoms with Crippen molar-refractivity contribution in [3.8, 4) is 5.75 Å². The maximum atomic E-state index is 6.07. The molecular formula is C18H32N2O. The molecule has 0 aliphatic heterocycles. The number of rotatable bonds is 9. The fourth-order valence-electron chi connectivity index (χ4n) is 2.57. The fraction of sp³-hybridized carbons (Fsp3) is 0.667. The summed E-state index contributed by atoms with van der Waals surface area (Å²) in [5.41, 5.74) is 7.32. The van der Waals surface area contributed by atoms with E-state index in [4.69, 9.17) is 10.5 Å². The van der Waals surface area contributed by atoms with Crippen molar-refractivity contribution in [3.05, 3.63) is 29.8 Å². The van der Waals surface area contributed by atoms with Crippen LogP contribution >= 0.6 is 0 Å². The number of benzene rings is 1. The van der Waals surface area contributed by atoms with E-state index in [0.29, 0.717) is 12.5 Å². The first kappa shape index (κ1) is 18.0. The number of likely N-dealkylation sites (N-methyl/N-ethyl adjacent to an activating group) is 1. The Morgan fingerprint density at radius 1 is 1.19 bits per heavy atom. The van der Waals surface area contributed by atoms with Crippen LogP contribution in [0, 0.1) is 5.92 Å². The van der Waals surface area contributed by atoms with Crippen LogP contribution < -0.4 is 10.5 Å². The van der Waals surface area contributed by atoms with Gasteiger partial charge in [-0.25, -0.2) is 0 Å². The second kappa shape index (κ2) is 9.06. The molecule has 3 heteroatoms. The summed E-state index contributed by atoms with van der Waals surface area (Å²) < 4.78 is 5.81. The Kier molecular flexibility index (Phi) is 7.76. The molecule has 21 heavy (non-hydrogen) atoms. The smallest absolute Gasteiger partial charge is 0.120 e. The lowest BCUT2D eigenvalue weighted by atomic mass is 10.0. The first-order chi connectivity index (χ1) is 10.0. The summed E-state index contributed by atoms with van der Waals surface area (Å²) in [7, 11) is 0. The number of hydrogen-bond donors (Lipinski definition) is 1. The quantitative estimate of drug-likeness (QED) is 0.751. The van der Waals surface area contributed by atoms with Crippen molar-refractivity contribution in [2.75, 3.05) is 19.6 Å². The average molecular weight is 292 g/mol. The molecule has 0 fully saturated rings. The van der Waals surface area contributed by atoms with Gasteiger partial charge in [0.1, 0.15) is 5.75 Å². The molecule has 120 valence electrons. The molecule has 1 rings (SSSR count). The van der Waals surface area contributed by atoms with Gasteiger partial charge < -0.3 is 10.5 Å². The van der Waals surface area contributed by atoms with E-state index in [9.17, 15) is 0 Å². The van der Waals surface area contributed by atoms with Crippen molar-refractivity contribution >= 4 is 0 Å². The zero-order chi connectivity index (χ0) is 15.8. The summed E-state index contributed by atoms with van der Waals surface area (Å²) in [5, 5.41) is 0. The Morgan fingerprint density at radius 3 is 2.43 bits per heavy atom.